The molecule has 1 aromatic rings. The Bertz CT molecular complexity index is 617. The van der Waals surface area contributed by atoms with E-state index in [-0.39, 0.29) is 24.5 Å². The van der Waals surface area contributed by atoms with Crippen molar-refractivity contribution in [2.45, 2.75) is 51.7 Å². The standard InChI is InChI=1S/C18H26N2O4/c1-17(2,3)12-6-8-14(9-7-12)24-11-13(21)10-20-15(22)18(4,5)19-16(20)23/h6-9,13,21H,10-11H2,1-5H3,(H,19,23)/t13-/m0/s1. The monoisotopic (exact) mass is 334 g/mol. The van der Waals surface area contributed by atoms with Gasteiger partial charge in [0, 0.05) is 0 Å². The molecule has 2 rings (SSSR count). The molecule has 2 N–H and O–H groups in total. The van der Waals surface area contributed by atoms with Gasteiger partial charge >= 0.3 is 6.03 Å². The van der Waals surface area contributed by atoms with Gasteiger partial charge in [-0.1, -0.05) is 32.9 Å². The second-order valence-corrected chi connectivity index (χ2v) is 7.71. The van der Waals surface area contributed by atoms with Gasteiger partial charge in [-0.15, -0.1) is 0 Å². The molecule has 0 bridgehead atoms. The van der Waals surface area contributed by atoms with Crippen molar-refractivity contribution in [1.82, 2.24) is 10.2 Å². The predicted molar refractivity (Wildman–Crippen MR) is 91.0 cm³/mol. The number of amides is 3. The van der Waals surface area contributed by atoms with Crippen molar-refractivity contribution in [2.24, 2.45) is 0 Å². The molecule has 24 heavy (non-hydrogen) atoms. The Balaban J connectivity index is 1.89. The lowest BCUT2D eigenvalue weighted by Crippen LogP contribution is -2.42. The van der Waals surface area contributed by atoms with E-state index in [1.54, 1.807) is 13.8 Å². The van der Waals surface area contributed by atoms with E-state index in [2.05, 4.69) is 26.1 Å². The van der Waals surface area contributed by atoms with E-state index >= 15 is 0 Å². The van der Waals surface area contributed by atoms with E-state index in [1.165, 1.54) is 5.56 Å². The van der Waals surface area contributed by atoms with E-state index < -0.39 is 17.7 Å². The van der Waals surface area contributed by atoms with Crippen LogP contribution in [-0.4, -0.2) is 46.7 Å². The van der Waals surface area contributed by atoms with Gasteiger partial charge in [-0.3, -0.25) is 9.69 Å². The Kier molecular flexibility index (Phi) is 4.90. The van der Waals surface area contributed by atoms with Crippen molar-refractivity contribution in [3.05, 3.63) is 29.8 Å². The molecule has 0 saturated carbocycles. The van der Waals surface area contributed by atoms with Gasteiger partial charge in [0.05, 0.1) is 6.54 Å². The summed E-state index contributed by atoms with van der Waals surface area (Å²) in [6, 6.07) is 7.19. The van der Waals surface area contributed by atoms with Gasteiger partial charge in [-0.05, 0) is 37.0 Å². The molecule has 1 fully saturated rings. The molecular formula is C18H26N2O4. The fraction of sp³-hybridized carbons (Fsp3) is 0.556. The van der Waals surface area contributed by atoms with E-state index in [1.807, 2.05) is 24.3 Å². The van der Waals surface area contributed by atoms with Crippen LogP contribution in [0.5, 0.6) is 5.75 Å². The van der Waals surface area contributed by atoms with Gasteiger partial charge in [-0.25, -0.2) is 4.79 Å². The molecule has 132 valence electrons. The molecular weight excluding hydrogens is 308 g/mol. The van der Waals surface area contributed by atoms with Crippen LogP contribution in [0.3, 0.4) is 0 Å². The summed E-state index contributed by atoms with van der Waals surface area (Å²) in [4.78, 5) is 24.9. The zero-order valence-electron chi connectivity index (χ0n) is 14.9. The lowest BCUT2D eigenvalue weighted by atomic mass is 9.87. The molecule has 3 amide bonds. The van der Waals surface area contributed by atoms with Crippen molar-refractivity contribution in [3.8, 4) is 5.75 Å². The Labute approximate surface area is 142 Å². The second-order valence-electron chi connectivity index (χ2n) is 7.71. The molecule has 0 radical (unpaired) electrons. The van der Waals surface area contributed by atoms with Crippen molar-refractivity contribution in [3.63, 3.8) is 0 Å². The maximum absolute atomic E-state index is 12.1. The summed E-state index contributed by atoms with van der Waals surface area (Å²) in [5.74, 6) is 0.292. The minimum absolute atomic E-state index is 0.00630. The van der Waals surface area contributed by atoms with Gasteiger partial charge in [-0.2, -0.15) is 0 Å². The number of nitrogens with zero attached hydrogens (tertiary/aromatic N) is 1. The molecule has 1 saturated heterocycles. The topological polar surface area (TPSA) is 78.9 Å². The highest BCUT2D eigenvalue weighted by atomic mass is 16.5. The van der Waals surface area contributed by atoms with E-state index in [4.69, 9.17) is 4.74 Å². The summed E-state index contributed by atoms with van der Waals surface area (Å²) < 4.78 is 5.55. The predicted octanol–water partition coefficient (Wildman–Crippen LogP) is 2.05. The normalized spacial score (nSPS) is 18.5. The quantitative estimate of drug-likeness (QED) is 0.808. The lowest BCUT2D eigenvalue weighted by Gasteiger charge is -2.21. The molecule has 0 aromatic heterocycles. The molecule has 1 heterocycles. The van der Waals surface area contributed by atoms with Crippen molar-refractivity contribution in [1.29, 1.82) is 0 Å². The Morgan fingerprint density at radius 1 is 1.21 bits per heavy atom. The first kappa shape index (κ1) is 18.3. The Morgan fingerprint density at radius 2 is 1.79 bits per heavy atom. The number of rotatable bonds is 5. The number of nitrogens with one attached hydrogen (secondary N) is 1. The molecule has 0 aliphatic carbocycles. The first-order valence-corrected chi connectivity index (χ1v) is 8.06. The van der Waals surface area contributed by atoms with Crippen LogP contribution in [0, 0.1) is 0 Å². The van der Waals surface area contributed by atoms with Crippen LogP contribution in [0.15, 0.2) is 24.3 Å². The Morgan fingerprint density at radius 3 is 2.25 bits per heavy atom. The summed E-state index contributed by atoms with van der Waals surface area (Å²) in [5, 5.41) is 12.6. The number of hydrogen-bond donors (Lipinski definition) is 2. The number of imide groups is 1. The van der Waals surface area contributed by atoms with Gasteiger partial charge in [0.25, 0.3) is 5.91 Å². The summed E-state index contributed by atoms with van der Waals surface area (Å²) in [6.45, 7) is 9.57. The van der Waals surface area contributed by atoms with Gasteiger partial charge in [0.2, 0.25) is 0 Å². The molecule has 1 aliphatic rings. The highest BCUT2D eigenvalue weighted by Gasteiger charge is 2.44. The summed E-state index contributed by atoms with van der Waals surface area (Å²) in [5.41, 5.74) is 0.325. The average Bonchev–Trinajstić information content (AvgIpc) is 2.67. The molecule has 1 aliphatic heterocycles. The summed E-state index contributed by atoms with van der Waals surface area (Å²) >= 11 is 0. The molecule has 6 nitrogen and oxygen atoms in total. The summed E-state index contributed by atoms with van der Waals surface area (Å²) in [6.07, 6.45) is -0.948. The number of urea groups is 1. The zero-order chi connectivity index (χ0) is 18.1. The second kappa shape index (κ2) is 6.43. The van der Waals surface area contributed by atoms with Crippen molar-refractivity contribution < 1.29 is 19.4 Å². The molecule has 1 aromatic carbocycles. The van der Waals surface area contributed by atoms with Crippen LogP contribution in [0.25, 0.3) is 0 Å². The van der Waals surface area contributed by atoms with Crippen molar-refractivity contribution in [2.75, 3.05) is 13.2 Å². The fourth-order valence-corrected chi connectivity index (χ4v) is 2.49. The van der Waals surface area contributed by atoms with Crippen LogP contribution < -0.4 is 10.1 Å². The third-order valence-electron chi connectivity index (χ3n) is 4.00. The first-order valence-electron chi connectivity index (χ1n) is 8.06. The number of hydrogen-bond acceptors (Lipinski definition) is 4. The van der Waals surface area contributed by atoms with Gasteiger partial charge in [0.15, 0.2) is 0 Å². The maximum Gasteiger partial charge on any atom is 0.325 e. The molecule has 6 heteroatoms. The third kappa shape index (κ3) is 4.06. The number of ether oxygens (including phenoxy) is 1. The highest BCUT2D eigenvalue weighted by Crippen LogP contribution is 2.24. The molecule has 1 atom stereocenters. The van der Waals surface area contributed by atoms with Crippen LogP contribution in [0.2, 0.25) is 0 Å². The minimum Gasteiger partial charge on any atom is -0.491 e. The van der Waals surface area contributed by atoms with Gasteiger partial charge in [0.1, 0.15) is 24.0 Å². The minimum atomic E-state index is -0.948. The average molecular weight is 334 g/mol. The van der Waals surface area contributed by atoms with Crippen LogP contribution in [0.4, 0.5) is 4.79 Å². The SMILES string of the molecule is CC1(C)NC(=O)N(C[C@H](O)COc2ccc(C(C)(C)C)cc2)C1=O. The van der Waals surface area contributed by atoms with E-state index in [0.29, 0.717) is 5.75 Å². The smallest absolute Gasteiger partial charge is 0.325 e. The number of aliphatic hydroxyl groups excluding tert-OH is 1. The van der Waals surface area contributed by atoms with E-state index in [0.717, 1.165) is 4.90 Å². The number of carbonyl (C=O) groups is 2. The number of β-amino-alcohol motifs (C(OH)–C–C–N with tert-alkyl or cyclic N) is 1. The Hall–Kier alpha value is -2.08. The summed E-state index contributed by atoms with van der Waals surface area (Å²) in [7, 11) is 0. The van der Waals surface area contributed by atoms with Crippen LogP contribution >= 0.6 is 0 Å². The third-order valence-corrected chi connectivity index (χ3v) is 4.00. The molecule has 0 unspecified atom stereocenters. The number of benzene rings is 1. The number of carbonyl (C=O) groups excluding carboxylic acids is 2. The zero-order valence-corrected chi connectivity index (χ0v) is 14.9. The highest BCUT2D eigenvalue weighted by molar-refractivity contribution is 6.06. The van der Waals surface area contributed by atoms with Crippen LogP contribution in [-0.2, 0) is 10.2 Å². The van der Waals surface area contributed by atoms with Gasteiger partial charge < -0.3 is 15.2 Å². The van der Waals surface area contributed by atoms with E-state index in [9.17, 15) is 14.7 Å². The lowest BCUT2D eigenvalue weighted by molar-refractivity contribution is -0.131. The largest absolute Gasteiger partial charge is 0.491 e. The fourth-order valence-electron chi connectivity index (χ4n) is 2.49. The number of aliphatic hydroxyl groups is 1. The molecule has 0 spiro atoms. The van der Waals surface area contributed by atoms with Crippen LogP contribution in [0.1, 0.15) is 40.2 Å². The maximum atomic E-state index is 12.1. The van der Waals surface area contributed by atoms with Crippen molar-refractivity contribution >= 4 is 11.9 Å². The first-order chi connectivity index (χ1) is 11.0.